The Morgan fingerprint density at radius 1 is 1.15 bits per heavy atom. The van der Waals surface area contributed by atoms with Gasteiger partial charge in [0.1, 0.15) is 9.96 Å². The van der Waals surface area contributed by atoms with Crippen LogP contribution in [0.4, 0.5) is 0 Å². The maximum absolute atomic E-state index is 12.7. The number of nitrogens with zero attached hydrogens (tertiary/aromatic N) is 1. The summed E-state index contributed by atoms with van der Waals surface area (Å²) in [6.07, 6.45) is 3.28. The van der Waals surface area contributed by atoms with Crippen LogP contribution < -0.4 is 14.2 Å². The minimum absolute atomic E-state index is 0.173. The van der Waals surface area contributed by atoms with Gasteiger partial charge in [-0.15, -0.1) is 0 Å². The third-order valence-electron chi connectivity index (χ3n) is 3.78. The van der Waals surface area contributed by atoms with Crippen LogP contribution in [0.5, 0.6) is 17.2 Å². The van der Waals surface area contributed by atoms with Crippen LogP contribution in [0.3, 0.4) is 0 Å². The third-order valence-corrected chi connectivity index (χ3v) is 5.13. The third kappa shape index (κ3) is 3.42. The van der Waals surface area contributed by atoms with Crippen molar-refractivity contribution in [2.75, 3.05) is 21.3 Å². The van der Waals surface area contributed by atoms with Gasteiger partial charge < -0.3 is 18.6 Å². The molecule has 2 heterocycles. The summed E-state index contributed by atoms with van der Waals surface area (Å²) in [6, 6.07) is 7.15. The van der Waals surface area contributed by atoms with E-state index < -0.39 is 0 Å². The van der Waals surface area contributed by atoms with Gasteiger partial charge in [-0.25, -0.2) is 0 Å². The summed E-state index contributed by atoms with van der Waals surface area (Å²) in [4.78, 5) is 12.7. The van der Waals surface area contributed by atoms with Crippen molar-refractivity contribution in [2.24, 2.45) is 0 Å². The first-order valence-corrected chi connectivity index (χ1v) is 8.84. The summed E-state index contributed by atoms with van der Waals surface area (Å²) in [5.41, 5.74) is 1.11. The molecule has 1 aliphatic rings. The molecule has 1 aromatic carbocycles. The van der Waals surface area contributed by atoms with E-state index in [-0.39, 0.29) is 5.91 Å². The number of carbonyl (C=O) groups excluding carboxylic acids is 1. The summed E-state index contributed by atoms with van der Waals surface area (Å²) >= 11 is 6.60. The zero-order valence-corrected chi connectivity index (χ0v) is 16.1. The van der Waals surface area contributed by atoms with Gasteiger partial charge in [-0.05, 0) is 30.3 Å². The number of carbonyl (C=O) groups is 1. The minimum Gasteiger partial charge on any atom is -0.493 e. The maximum Gasteiger partial charge on any atom is 0.266 e. The van der Waals surface area contributed by atoms with Crippen LogP contribution >= 0.6 is 24.2 Å². The lowest BCUT2D eigenvalue weighted by molar-refractivity contribution is -0.121. The van der Waals surface area contributed by atoms with Crippen molar-refractivity contribution in [1.82, 2.24) is 4.31 Å². The minimum atomic E-state index is -0.173. The SMILES string of the molecule is COc1ccc(/C=C2/C(=O)N(Cc3ccco3)SC2=S)c(OC)c1OC. The molecule has 1 aromatic heterocycles. The van der Waals surface area contributed by atoms with E-state index in [4.69, 9.17) is 30.8 Å². The Bertz CT molecular complexity index is 861. The van der Waals surface area contributed by atoms with Crippen LogP contribution in [-0.2, 0) is 11.3 Å². The molecule has 0 aliphatic carbocycles. The molecular formula is C18H17NO5S2. The van der Waals surface area contributed by atoms with Crippen molar-refractivity contribution in [3.05, 3.63) is 47.4 Å². The molecule has 1 fully saturated rings. The Hall–Kier alpha value is -2.45. The molecule has 1 aliphatic heterocycles. The van der Waals surface area contributed by atoms with Gasteiger partial charge >= 0.3 is 0 Å². The lowest BCUT2D eigenvalue weighted by Crippen LogP contribution is -2.18. The second-order valence-corrected chi connectivity index (χ2v) is 6.98. The Balaban J connectivity index is 1.94. The first kappa shape index (κ1) is 18.3. The lowest BCUT2D eigenvalue weighted by atomic mass is 10.1. The number of hydrogen-bond acceptors (Lipinski definition) is 7. The number of amides is 1. The molecule has 136 valence electrons. The van der Waals surface area contributed by atoms with Gasteiger partial charge in [0.2, 0.25) is 5.75 Å². The van der Waals surface area contributed by atoms with Gasteiger partial charge in [-0.2, -0.15) is 0 Å². The van der Waals surface area contributed by atoms with E-state index in [2.05, 4.69) is 0 Å². The Labute approximate surface area is 160 Å². The van der Waals surface area contributed by atoms with E-state index in [0.29, 0.717) is 44.9 Å². The predicted octanol–water partition coefficient (Wildman–Crippen LogP) is 3.71. The summed E-state index contributed by atoms with van der Waals surface area (Å²) in [7, 11) is 4.61. The van der Waals surface area contributed by atoms with Crippen molar-refractivity contribution in [1.29, 1.82) is 0 Å². The molecule has 0 N–H and O–H groups in total. The number of benzene rings is 1. The van der Waals surface area contributed by atoms with Gasteiger partial charge in [0.25, 0.3) is 5.91 Å². The van der Waals surface area contributed by atoms with Gasteiger partial charge in [-0.1, -0.05) is 12.2 Å². The van der Waals surface area contributed by atoms with Crippen LogP contribution in [0.25, 0.3) is 6.08 Å². The topological polar surface area (TPSA) is 61.1 Å². The summed E-state index contributed by atoms with van der Waals surface area (Å²) in [5, 5.41) is 0. The van der Waals surface area contributed by atoms with Crippen molar-refractivity contribution in [2.45, 2.75) is 6.54 Å². The average Bonchev–Trinajstić information content (AvgIpc) is 3.25. The first-order valence-electron chi connectivity index (χ1n) is 7.66. The highest BCUT2D eigenvalue weighted by atomic mass is 32.2. The average molecular weight is 391 g/mol. The largest absolute Gasteiger partial charge is 0.493 e. The Kier molecular flexibility index (Phi) is 5.53. The maximum atomic E-state index is 12.7. The number of hydrogen-bond donors (Lipinski definition) is 0. The fraction of sp³-hybridized carbons (Fsp3) is 0.222. The smallest absolute Gasteiger partial charge is 0.266 e. The zero-order chi connectivity index (χ0) is 18.7. The summed E-state index contributed by atoms with van der Waals surface area (Å²) in [6.45, 7) is 0.344. The van der Waals surface area contributed by atoms with Crippen LogP contribution in [0.2, 0.25) is 0 Å². The Morgan fingerprint density at radius 2 is 1.92 bits per heavy atom. The van der Waals surface area contributed by atoms with Gasteiger partial charge in [0, 0.05) is 17.5 Å². The highest BCUT2D eigenvalue weighted by Gasteiger charge is 2.33. The van der Waals surface area contributed by atoms with E-state index in [1.165, 1.54) is 26.2 Å². The second-order valence-electron chi connectivity index (χ2n) is 5.28. The normalized spacial score (nSPS) is 15.7. The molecule has 26 heavy (non-hydrogen) atoms. The Morgan fingerprint density at radius 3 is 2.54 bits per heavy atom. The summed E-state index contributed by atoms with van der Waals surface area (Å²) in [5.74, 6) is 2.00. The molecule has 0 spiro atoms. The van der Waals surface area contributed by atoms with Crippen molar-refractivity contribution in [3.63, 3.8) is 0 Å². The molecule has 0 saturated carbocycles. The van der Waals surface area contributed by atoms with E-state index in [1.54, 1.807) is 42.0 Å². The van der Waals surface area contributed by atoms with E-state index in [0.717, 1.165) is 0 Å². The number of ether oxygens (including phenoxy) is 3. The number of methoxy groups -OCH3 is 3. The molecule has 0 atom stereocenters. The molecule has 0 bridgehead atoms. The van der Waals surface area contributed by atoms with Crippen molar-refractivity contribution < 1.29 is 23.4 Å². The molecule has 6 nitrogen and oxygen atoms in total. The fourth-order valence-corrected chi connectivity index (χ4v) is 3.81. The number of rotatable bonds is 6. The lowest BCUT2D eigenvalue weighted by Gasteiger charge is -2.14. The molecule has 1 amide bonds. The van der Waals surface area contributed by atoms with Crippen molar-refractivity contribution in [3.8, 4) is 17.2 Å². The van der Waals surface area contributed by atoms with Gasteiger partial charge in [-0.3, -0.25) is 9.10 Å². The quantitative estimate of drug-likeness (QED) is 0.423. The highest BCUT2D eigenvalue weighted by Crippen LogP contribution is 2.42. The van der Waals surface area contributed by atoms with Crippen LogP contribution in [0.1, 0.15) is 11.3 Å². The molecule has 0 unspecified atom stereocenters. The van der Waals surface area contributed by atoms with E-state index in [1.807, 2.05) is 6.07 Å². The molecular weight excluding hydrogens is 374 g/mol. The van der Waals surface area contributed by atoms with Crippen molar-refractivity contribution >= 4 is 40.3 Å². The zero-order valence-electron chi connectivity index (χ0n) is 14.5. The second kappa shape index (κ2) is 7.84. The molecule has 3 rings (SSSR count). The monoisotopic (exact) mass is 391 g/mol. The predicted molar refractivity (Wildman–Crippen MR) is 104 cm³/mol. The summed E-state index contributed by atoms with van der Waals surface area (Å²) < 4.78 is 23.5. The van der Waals surface area contributed by atoms with E-state index in [9.17, 15) is 4.79 Å². The molecule has 2 aromatic rings. The first-order chi connectivity index (χ1) is 12.6. The molecule has 8 heteroatoms. The van der Waals surface area contributed by atoms with Crippen LogP contribution in [0, 0.1) is 0 Å². The number of furan rings is 1. The standard InChI is InChI=1S/C18H17NO5S2/c1-21-14-7-6-11(15(22-2)16(14)23-3)9-13-17(20)19(26-18(13)25)10-12-5-4-8-24-12/h4-9H,10H2,1-3H3/b13-9-. The number of thiocarbonyl (C=S) groups is 1. The van der Waals surface area contributed by atoms with Gasteiger partial charge in [0.05, 0.1) is 39.7 Å². The van der Waals surface area contributed by atoms with E-state index >= 15 is 0 Å². The molecule has 1 saturated heterocycles. The van der Waals surface area contributed by atoms with Crippen LogP contribution in [0.15, 0.2) is 40.5 Å². The van der Waals surface area contributed by atoms with Gasteiger partial charge in [0.15, 0.2) is 11.5 Å². The highest BCUT2D eigenvalue weighted by molar-refractivity contribution is 8.23. The molecule has 0 radical (unpaired) electrons. The fourth-order valence-electron chi connectivity index (χ4n) is 2.57. The van der Waals surface area contributed by atoms with Crippen LogP contribution in [-0.4, -0.2) is 35.7 Å².